The molecule has 1 fully saturated rings. The van der Waals surface area contributed by atoms with Crippen molar-refractivity contribution in [3.8, 4) is 17.1 Å². The Hall–Kier alpha value is -1.34. The van der Waals surface area contributed by atoms with Gasteiger partial charge in [0.2, 0.25) is 9.74 Å². The van der Waals surface area contributed by atoms with Crippen molar-refractivity contribution in [2.75, 3.05) is 38.6 Å². The predicted molar refractivity (Wildman–Crippen MR) is 110 cm³/mol. The van der Waals surface area contributed by atoms with Gasteiger partial charge in [0, 0.05) is 6.54 Å². The third kappa shape index (κ3) is 5.57. The third-order valence-electron chi connectivity index (χ3n) is 4.37. The normalized spacial score (nSPS) is 15.1. The molecule has 6 nitrogen and oxygen atoms in total. The van der Waals surface area contributed by atoms with E-state index in [9.17, 15) is 0 Å². The summed E-state index contributed by atoms with van der Waals surface area (Å²) in [6, 6.07) is 7.43. The van der Waals surface area contributed by atoms with Crippen LogP contribution in [0.2, 0.25) is 0 Å². The summed E-state index contributed by atoms with van der Waals surface area (Å²) in [5.41, 5.74) is 0.706. The lowest BCUT2D eigenvalue weighted by atomic mass is 10.2. The zero-order valence-electron chi connectivity index (χ0n) is 15.1. The van der Waals surface area contributed by atoms with Crippen molar-refractivity contribution in [1.82, 2.24) is 19.9 Å². The fourth-order valence-corrected chi connectivity index (χ4v) is 3.29. The summed E-state index contributed by atoms with van der Waals surface area (Å²) in [4.78, 5) is 15.6. The summed E-state index contributed by atoms with van der Waals surface area (Å²) in [5, 5.41) is 3.22. The Morgan fingerprint density at radius 2 is 1.85 bits per heavy atom. The van der Waals surface area contributed by atoms with Crippen molar-refractivity contribution in [3.63, 3.8) is 0 Å². The van der Waals surface area contributed by atoms with Crippen molar-refractivity contribution in [1.29, 1.82) is 0 Å². The molecular formula is C18H22Cl3N5O. The van der Waals surface area contributed by atoms with Crippen molar-refractivity contribution in [2.24, 2.45) is 0 Å². The Morgan fingerprint density at radius 1 is 1.11 bits per heavy atom. The lowest BCUT2D eigenvalue weighted by Crippen LogP contribution is -2.23. The van der Waals surface area contributed by atoms with Gasteiger partial charge in [-0.25, -0.2) is 4.98 Å². The van der Waals surface area contributed by atoms with Crippen molar-refractivity contribution >= 4 is 40.8 Å². The number of hydrogen-bond acceptors (Lipinski definition) is 6. The fourth-order valence-electron chi connectivity index (χ4n) is 3.04. The molecule has 3 rings (SSSR count). The van der Waals surface area contributed by atoms with Crippen LogP contribution in [0.3, 0.4) is 0 Å². The van der Waals surface area contributed by atoms with E-state index in [1.165, 1.54) is 25.9 Å². The molecule has 0 amide bonds. The summed E-state index contributed by atoms with van der Waals surface area (Å²) >= 11 is 18.1. The molecule has 2 aromatic rings. The number of likely N-dealkylation sites (tertiary alicyclic amines) is 1. The van der Waals surface area contributed by atoms with Crippen LogP contribution < -0.4 is 10.1 Å². The summed E-state index contributed by atoms with van der Waals surface area (Å²) in [5.74, 6) is 1.49. The number of rotatable bonds is 7. The van der Waals surface area contributed by atoms with Gasteiger partial charge in [0.05, 0.1) is 12.7 Å². The first-order valence-electron chi connectivity index (χ1n) is 8.90. The number of ether oxygens (including phenoxy) is 1. The van der Waals surface area contributed by atoms with Crippen LogP contribution in [0.5, 0.6) is 5.75 Å². The van der Waals surface area contributed by atoms with E-state index >= 15 is 0 Å². The molecule has 0 bridgehead atoms. The number of para-hydroxylation sites is 1. The van der Waals surface area contributed by atoms with Gasteiger partial charge in [0.1, 0.15) is 5.75 Å². The highest BCUT2D eigenvalue weighted by atomic mass is 35.6. The minimum Gasteiger partial charge on any atom is -0.496 e. The van der Waals surface area contributed by atoms with E-state index in [4.69, 9.17) is 39.5 Å². The second-order valence-electron chi connectivity index (χ2n) is 6.33. The number of benzene rings is 1. The standard InChI is InChI=1S/C18H22Cl3N5O/c1-27-14-8-3-2-7-13(14)15-23-16(18(19,20)21)25-17(24-15)22-9-6-12-26-10-4-5-11-26/h2-3,7-8H,4-6,9-12H2,1H3,(H,22,23,24,25). The molecule has 1 aromatic heterocycles. The Morgan fingerprint density at radius 3 is 2.56 bits per heavy atom. The van der Waals surface area contributed by atoms with Crippen LogP contribution in [0.15, 0.2) is 24.3 Å². The number of alkyl halides is 3. The fraction of sp³-hybridized carbons (Fsp3) is 0.500. The number of methoxy groups -OCH3 is 1. The van der Waals surface area contributed by atoms with Gasteiger partial charge in [-0.1, -0.05) is 46.9 Å². The number of anilines is 1. The highest BCUT2D eigenvalue weighted by molar-refractivity contribution is 6.66. The Balaban J connectivity index is 1.78. The molecule has 146 valence electrons. The van der Waals surface area contributed by atoms with Crippen LogP contribution in [0, 0.1) is 0 Å². The van der Waals surface area contributed by atoms with Crippen LogP contribution in [-0.2, 0) is 3.79 Å². The monoisotopic (exact) mass is 429 g/mol. The number of aromatic nitrogens is 3. The summed E-state index contributed by atoms with van der Waals surface area (Å²) < 4.78 is 3.65. The van der Waals surface area contributed by atoms with Crippen LogP contribution in [0.25, 0.3) is 11.4 Å². The molecule has 1 saturated heterocycles. The molecule has 0 spiro atoms. The van der Waals surface area contributed by atoms with E-state index < -0.39 is 3.79 Å². The molecule has 0 saturated carbocycles. The molecule has 27 heavy (non-hydrogen) atoms. The van der Waals surface area contributed by atoms with Gasteiger partial charge in [-0.05, 0) is 51.0 Å². The van der Waals surface area contributed by atoms with Gasteiger partial charge in [0.15, 0.2) is 11.6 Å². The van der Waals surface area contributed by atoms with Gasteiger partial charge >= 0.3 is 0 Å². The zero-order valence-corrected chi connectivity index (χ0v) is 17.4. The van der Waals surface area contributed by atoms with Crippen molar-refractivity contribution in [3.05, 3.63) is 30.1 Å². The quantitative estimate of drug-likeness (QED) is 0.523. The minimum absolute atomic E-state index is 0.0745. The second kappa shape index (κ2) is 9.24. The molecule has 1 aliphatic heterocycles. The molecule has 0 atom stereocenters. The first kappa shape index (κ1) is 20.4. The van der Waals surface area contributed by atoms with Crippen LogP contribution in [0.4, 0.5) is 5.95 Å². The van der Waals surface area contributed by atoms with Crippen molar-refractivity contribution < 1.29 is 4.74 Å². The zero-order chi connectivity index (χ0) is 19.3. The molecule has 0 unspecified atom stereocenters. The average molecular weight is 431 g/mol. The maximum Gasteiger partial charge on any atom is 0.250 e. The molecule has 9 heteroatoms. The van der Waals surface area contributed by atoms with Crippen LogP contribution in [-0.4, -0.2) is 53.1 Å². The summed E-state index contributed by atoms with van der Waals surface area (Å²) in [6.45, 7) is 4.14. The van der Waals surface area contributed by atoms with Gasteiger partial charge in [-0.3, -0.25) is 0 Å². The number of nitrogens with one attached hydrogen (secondary N) is 1. The molecule has 1 aliphatic rings. The predicted octanol–water partition coefficient (Wildman–Crippen LogP) is 4.27. The second-order valence-corrected chi connectivity index (χ2v) is 8.61. The highest BCUT2D eigenvalue weighted by Gasteiger charge is 2.29. The molecular weight excluding hydrogens is 409 g/mol. The van der Waals surface area contributed by atoms with Crippen molar-refractivity contribution in [2.45, 2.75) is 23.1 Å². The SMILES string of the molecule is COc1ccccc1-c1nc(NCCCN2CCCC2)nc(C(Cl)(Cl)Cl)n1. The van der Waals surface area contributed by atoms with E-state index in [0.717, 1.165) is 19.5 Å². The third-order valence-corrected chi connectivity index (χ3v) is 4.88. The smallest absolute Gasteiger partial charge is 0.250 e. The first-order valence-corrected chi connectivity index (χ1v) is 10.0. The van der Waals surface area contributed by atoms with E-state index in [2.05, 4.69) is 25.2 Å². The summed E-state index contributed by atoms with van der Waals surface area (Å²) in [6.07, 6.45) is 3.56. The largest absolute Gasteiger partial charge is 0.496 e. The van der Waals surface area contributed by atoms with E-state index in [1.807, 2.05) is 24.3 Å². The summed E-state index contributed by atoms with van der Waals surface area (Å²) in [7, 11) is 1.59. The lowest BCUT2D eigenvalue weighted by molar-refractivity contribution is 0.337. The van der Waals surface area contributed by atoms with Crippen LogP contribution in [0.1, 0.15) is 25.1 Å². The topological polar surface area (TPSA) is 63.2 Å². The molecule has 2 heterocycles. The first-order chi connectivity index (χ1) is 13.0. The van der Waals surface area contributed by atoms with Gasteiger partial charge in [0.25, 0.3) is 0 Å². The van der Waals surface area contributed by atoms with E-state index in [1.54, 1.807) is 7.11 Å². The Labute approximate surface area is 174 Å². The number of hydrogen-bond donors (Lipinski definition) is 1. The molecule has 1 N–H and O–H groups in total. The number of halogens is 3. The highest BCUT2D eigenvalue weighted by Crippen LogP contribution is 2.37. The lowest BCUT2D eigenvalue weighted by Gasteiger charge is -2.16. The maximum atomic E-state index is 6.02. The number of nitrogens with zero attached hydrogens (tertiary/aromatic N) is 4. The molecule has 1 aromatic carbocycles. The van der Waals surface area contributed by atoms with Gasteiger partial charge in [-0.2, -0.15) is 9.97 Å². The van der Waals surface area contributed by atoms with Gasteiger partial charge in [-0.15, -0.1) is 0 Å². The van der Waals surface area contributed by atoms with Gasteiger partial charge < -0.3 is 15.0 Å². The molecule has 0 radical (unpaired) electrons. The molecule has 0 aliphatic carbocycles. The van der Waals surface area contributed by atoms with Crippen LogP contribution >= 0.6 is 34.8 Å². The average Bonchev–Trinajstić information content (AvgIpc) is 3.18. The maximum absolute atomic E-state index is 6.02. The minimum atomic E-state index is -1.74. The van der Waals surface area contributed by atoms with E-state index in [-0.39, 0.29) is 5.82 Å². The Bertz CT molecular complexity index is 763. The Kier molecular flexibility index (Phi) is 6.98. The van der Waals surface area contributed by atoms with E-state index in [0.29, 0.717) is 23.1 Å².